The molecular formula is C28H31F2N3O5. The number of carboxylic acid groups (broad SMARTS) is 2. The Morgan fingerprint density at radius 3 is 1.89 bits per heavy atom. The summed E-state index contributed by atoms with van der Waals surface area (Å²) in [6.07, 6.45) is 3.73. The second-order valence-corrected chi connectivity index (χ2v) is 8.77. The van der Waals surface area contributed by atoms with E-state index in [4.69, 9.17) is 24.5 Å². The van der Waals surface area contributed by atoms with Gasteiger partial charge in [0.25, 0.3) is 0 Å². The van der Waals surface area contributed by atoms with Crippen molar-refractivity contribution in [1.29, 1.82) is 0 Å². The van der Waals surface area contributed by atoms with Crippen LogP contribution < -0.4 is 9.64 Å². The summed E-state index contributed by atoms with van der Waals surface area (Å²) >= 11 is 0. The predicted molar refractivity (Wildman–Crippen MR) is 139 cm³/mol. The molecule has 3 aromatic rings. The van der Waals surface area contributed by atoms with Gasteiger partial charge in [0.2, 0.25) is 0 Å². The van der Waals surface area contributed by atoms with Gasteiger partial charge in [-0.1, -0.05) is 24.3 Å². The lowest BCUT2D eigenvalue weighted by Gasteiger charge is -2.36. The molecule has 1 fully saturated rings. The lowest BCUT2D eigenvalue weighted by Crippen LogP contribution is -2.47. The summed E-state index contributed by atoms with van der Waals surface area (Å²) < 4.78 is 32.3. The molecule has 0 spiro atoms. The van der Waals surface area contributed by atoms with E-state index in [0.29, 0.717) is 0 Å². The molecule has 4 rings (SSSR count). The Morgan fingerprint density at radius 2 is 1.42 bits per heavy atom. The van der Waals surface area contributed by atoms with Crippen LogP contribution in [0.15, 0.2) is 66.9 Å². The first kappa shape index (κ1) is 28.5. The van der Waals surface area contributed by atoms with Crippen molar-refractivity contribution in [3.8, 4) is 5.75 Å². The largest absolute Gasteiger partial charge is 0.493 e. The van der Waals surface area contributed by atoms with Crippen molar-refractivity contribution < 1.29 is 33.3 Å². The Labute approximate surface area is 220 Å². The van der Waals surface area contributed by atoms with Gasteiger partial charge < -0.3 is 19.8 Å². The van der Waals surface area contributed by atoms with Gasteiger partial charge in [-0.3, -0.25) is 4.90 Å². The third-order valence-corrected chi connectivity index (χ3v) is 6.34. The number of aromatic nitrogens is 1. The molecule has 0 atom stereocenters. The van der Waals surface area contributed by atoms with Crippen molar-refractivity contribution in [3.63, 3.8) is 0 Å². The average molecular weight is 528 g/mol. The lowest BCUT2D eigenvalue weighted by molar-refractivity contribution is -0.159. The van der Waals surface area contributed by atoms with Crippen LogP contribution in [-0.2, 0) is 9.59 Å². The van der Waals surface area contributed by atoms with Crippen molar-refractivity contribution in [1.82, 2.24) is 9.88 Å². The highest BCUT2D eigenvalue weighted by Gasteiger charge is 2.21. The Bertz CT molecular complexity index is 1130. The molecule has 1 aliphatic rings. The molecule has 0 saturated carbocycles. The van der Waals surface area contributed by atoms with Crippen molar-refractivity contribution >= 4 is 17.8 Å². The minimum Gasteiger partial charge on any atom is -0.493 e. The summed E-state index contributed by atoms with van der Waals surface area (Å²) in [6, 6.07) is 17.2. The Hall–Kier alpha value is -4.05. The van der Waals surface area contributed by atoms with Crippen LogP contribution in [0.1, 0.15) is 29.9 Å². The zero-order chi connectivity index (χ0) is 27.5. The normalized spacial score (nSPS) is 13.5. The molecule has 0 unspecified atom stereocenters. The number of piperazine rings is 1. The Morgan fingerprint density at radius 1 is 0.895 bits per heavy atom. The number of rotatable bonds is 8. The number of carboxylic acids is 2. The summed E-state index contributed by atoms with van der Waals surface area (Å²) in [5.74, 6) is -2.30. The number of ether oxygens (including phenoxy) is 1. The number of aliphatic carboxylic acids is 2. The molecule has 8 nitrogen and oxygen atoms in total. The zero-order valence-electron chi connectivity index (χ0n) is 21.1. The minimum atomic E-state index is -1.82. The van der Waals surface area contributed by atoms with Crippen molar-refractivity contribution in [2.75, 3.05) is 44.7 Å². The first-order chi connectivity index (χ1) is 18.3. The van der Waals surface area contributed by atoms with E-state index in [9.17, 15) is 8.78 Å². The van der Waals surface area contributed by atoms with E-state index >= 15 is 0 Å². The van der Waals surface area contributed by atoms with Gasteiger partial charge in [0.1, 0.15) is 11.6 Å². The number of carbonyl (C=O) groups is 2. The molecule has 1 aromatic heterocycles. The van der Waals surface area contributed by atoms with E-state index in [1.807, 2.05) is 36.4 Å². The fourth-order valence-corrected chi connectivity index (χ4v) is 4.40. The highest BCUT2D eigenvalue weighted by atomic mass is 19.1. The smallest absolute Gasteiger partial charge is 0.414 e. The van der Waals surface area contributed by atoms with Gasteiger partial charge >= 0.3 is 11.9 Å². The van der Waals surface area contributed by atoms with Crippen LogP contribution in [0.2, 0.25) is 0 Å². The van der Waals surface area contributed by atoms with Crippen LogP contribution in [0, 0.1) is 11.6 Å². The van der Waals surface area contributed by atoms with Gasteiger partial charge in [-0.2, -0.15) is 0 Å². The Kier molecular flexibility index (Phi) is 10.5. The number of anilines is 1. The molecule has 1 aliphatic heterocycles. The van der Waals surface area contributed by atoms with E-state index in [2.05, 4.69) is 14.8 Å². The molecule has 0 aliphatic carbocycles. The molecular weight excluding hydrogens is 496 g/mol. The fraction of sp³-hybridized carbons (Fsp3) is 0.321. The first-order valence-corrected chi connectivity index (χ1v) is 12.2. The Balaban J connectivity index is 0.000000599. The molecule has 202 valence electrons. The summed E-state index contributed by atoms with van der Waals surface area (Å²) in [4.78, 5) is 27.4. The van der Waals surface area contributed by atoms with E-state index in [0.717, 1.165) is 68.3 Å². The van der Waals surface area contributed by atoms with E-state index in [1.54, 1.807) is 13.3 Å². The number of hydrogen-bond donors (Lipinski definition) is 2. The summed E-state index contributed by atoms with van der Waals surface area (Å²) in [5, 5.41) is 14.8. The van der Waals surface area contributed by atoms with Gasteiger partial charge in [0.15, 0.2) is 11.6 Å². The van der Waals surface area contributed by atoms with Gasteiger partial charge in [0, 0.05) is 38.3 Å². The second kappa shape index (κ2) is 14.0. The third-order valence-electron chi connectivity index (χ3n) is 6.34. The van der Waals surface area contributed by atoms with Crippen molar-refractivity contribution in [3.05, 3.63) is 89.6 Å². The number of hydrogen-bond acceptors (Lipinski definition) is 6. The van der Waals surface area contributed by atoms with Crippen LogP contribution in [0.4, 0.5) is 14.6 Å². The van der Waals surface area contributed by atoms with Gasteiger partial charge in [0.05, 0.1) is 7.11 Å². The minimum absolute atomic E-state index is 0.121. The predicted octanol–water partition coefficient (Wildman–Crippen LogP) is 4.26. The number of benzene rings is 2. The van der Waals surface area contributed by atoms with Gasteiger partial charge in [-0.15, -0.1) is 0 Å². The van der Waals surface area contributed by atoms with Crippen LogP contribution in [0.5, 0.6) is 5.75 Å². The highest BCUT2D eigenvalue weighted by Crippen LogP contribution is 2.30. The molecule has 2 aromatic carbocycles. The monoisotopic (exact) mass is 527 g/mol. The maximum absolute atomic E-state index is 13.4. The van der Waals surface area contributed by atoms with Crippen LogP contribution >= 0.6 is 0 Å². The van der Waals surface area contributed by atoms with E-state index in [1.165, 1.54) is 24.3 Å². The molecule has 0 amide bonds. The molecule has 0 bridgehead atoms. The van der Waals surface area contributed by atoms with Gasteiger partial charge in [-0.05, 0) is 66.9 Å². The van der Waals surface area contributed by atoms with Crippen LogP contribution in [-0.4, -0.2) is 71.9 Å². The number of halogens is 2. The van der Waals surface area contributed by atoms with E-state index in [-0.39, 0.29) is 17.6 Å². The second-order valence-electron chi connectivity index (χ2n) is 8.77. The maximum atomic E-state index is 13.4. The average Bonchev–Trinajstić information content (AvgIpc) is 2.93. The molecule has 0 radical (unpaired) electrons. The maximum Gasteiger partial charge on any atom is 0.414 e. The first-order valence-electron chi connectivity index (χ1n) is 12.2. The van der Waals surface area contributed by atoms with Crippen molar-refractivity contribution in [2.24, 2.45) is 0 Å². The number of pyridine rings is 1. The zero-order valence-corrected chi connectivity index (χ0v) is 21.1. The standard InChI is InChI=1S/C26H29F2N3O.C2H2O4/c1-32-25-5-2-14-29-26(25)31-18-16-30(17-19-31)15-3-4-24(20-6-10-22(27)11-7-20)21-8-12-23(28)13-9-21;3-1(4)2(5)6/h2,5-14,24H,3-4,15-19H2,1H3;(H,3,4)(H,5,6). The SMILES string of the molecule is COc1cccnc1N1CCN(CCCC(c2ccc(F)cc2)c2ccc(F)cc2)CC1.O=C(O)C(=O)O. The summed E-state index contributed by atoms with van der Waals surface area (Å²) in [7, 11) is 1.68. The molecule has 1 saturated heterocycles. The highest BCUT2D eigenvalue weighted by molar-refractivity contribution is 6.27. The van der Waals surface area contributed by atoms with Crippen LogP contribution in [0.3, 0.4) is 0 Å². The van der Waals surface area contributed by atoms with Crippen LogP contribution in [0.25, 0.3) is 0 Å². The number of nitrogens with zero attached hydrogens (tertiary/aromatic N) is 3. The van der Waals surface area contributed by atoms with E-state index < -0.39 is 11.9 Å². The third kappa shape index (κ3) is 8.24. The fourth-order valence-electron chi connectivity index (χ4n) is 4.40. The number of methoxy groups -OCH3 is 1. The molecule has 38 heavy (non-hydrogen) atoms. The van der Waals surface area contributed by atoms with Crippen molar-refractivity contribution in [2.45, 2.75) is 18.8 Å². The summed E-state index contributed by atoms with van der Waals surface area (Å²) in [5.41, 5.74) is 2.12. The molecule has 2 N–H and O–H groups in total. The topological polar surface area (TPSA) is 103 Å². The van der Waals surface area contributed by atoms with Gasteiger partial charge in [-0.25, -0.2) is 23.4 Å². The molecule has 10 heteroatoms. The molecule has 2 heterocycles. The quantitative estimate of drug-likeness (QED) is 0.419. The summed E-state index contributed by atoms with van der Waals surface area (Å²) in [6.45, 7) is 4.75. The lowest BCUT2D eigenvalue weighted by atomic mass is 9.87.